The Morgan fingerprint density at radius 2 is 1.85 bits per heavy atom. The molecule has 0 fully saturated rings. The number of nitrogens with zero attached hydrogens (tertiary/aromatic N) is 1. The number of carbonyl (C=O) groups excluding carboxylic acids is 1. The van der Waals surface area contributed by atoms with Crippen LogP contribution in [0.4, 0.5) is 9.39 Å². The number of rotatable bonds is 7. The van der Waals surface area contributed by atoms with Crippen LogP contribution in [0.5, 0.6) is 0 Å². The van der Waals surface area contributed by atoms with Crippen LogP contribution in [0, 0.1) is 0 Å². The lowest BCUT2D eigenvalue weighted by atomic mass is 10.2. The molecule has 0 aliphatic rings. The van der Waals surface area contributed by atoms with E-state index in [4.69, 9.17) is 0 Å². The van der Waals surface area contributed by atoms with Gasteiger partial charge in [-0.15, -0.1) is 11.3 Å². The van der Waals surface area contributed by atoms with Gasteiger partial charge < -0.3 is 4.74 Å². The van der Waals surface area contributed by atoms with Crippen molar-refractivity contribution in [3.8, 4) is 0 Å². The highest BCUT2D eigenvalue weighted by molar-refractivity contribution is 7.93. The van der Waals surface area contributed by atoms with Crippen LogP contribution in [-0.4, -0.2) is 34.7 Å². The smallest absolute Gasteiger partial charge is 0.337 e. The first kappa shape index (κ1) is 19.3. The van der Waals surface area contributed by atoms with Crippen molar-refractivity contribution in [3.63, 3.8) is 0 Å². The summed E-state index contributed by atoms with van der Waals surface area (Å²) in [6.45, 7) is -0.581. The van der Waals surface area contributed by atoms with Crippen LogP contribution in [0.3, 0.4) is 0 Å². The van der Waals surface area contributed by atoms with E-state index in [1.807, 2.05) is 24.3 Å². The topological polar surface area (TPSA) is 63.7 Å². The Labute approximate surface area is 161 Å². The summed E-state index contributed by atoms with van der Waals surface area (Å²) < 4.78 is 45.9. The molecule has 0 atom stereocenters. The molecule has 0 saturated carbocycles. The van der Waals surface area contributed by atoms with Crippen LogP contribution in [0.15, 0.2) is 59.5 Å². The minimum absolute atomic E-state index is 0.0322. The highest BCUT2D eigenvalue weighted by atomic mass is 32.2. The van der Waals surface area contributed by atoms with Crippen molar-refractivity contribution in [3.05, 3.63) is 60.2 Å². The zero-order valence-electron chi connectivity index (χ0n) is 14.6. The third-order valence-electron chi connectivity index (χ3n) is 4.02. The van der Waals surface area contributed by atoms with Crippen molar-refractivity contribution in [2.45, 2.75) is 11.3 Å². The largest absolute Gasteiger partial charge is 0.465 e. The molecule has 0 unspecified atom stereocenters. The summed E-state index contributed by atoms with van der Waals surface area (Å²) in [5.41, 5.74) is 0.258. The lowest BCUT2D eigenvalue weighted by Gasteiger charge is -2.22. The Balaban J connectivity index is 2.01. The maximum absolute atomic E-state index is 13.2. The molecule has 1 aromatic heterocycles. The first-order valence-corrected chi connectivity index (χ1v) is 10.5. The molecule has 5 nitrogen and oxygen atoms in total. The third kappa shape index (κ3) is 3.96. The van der Waals surface area contributed by atoms with E-state index in [-0.39, 0.29) is 23.4 Å². The molecule has 8 heteroatoms. The quantitative estimate of drug-likeness (QED) is 0.550. The van der Waals surface area contributed by atoms with Crippen LogP contribution >= 0.6 is 11.3 Å². The Kier molecular flexibility index (Phi) is 5.76. The van der Waals surface area contributed by atoms with Gasteiger partial charge in [-0.1, -0.05) is 18.2 Å². The lowest BCUT2D eigenvalue weighted by Crippen LogP contribution is -2.31. The monoisotopic (exact) mass is 407 g/mol. The molecule has 2 aromatic carbocycles. The number of benzene rings is 2. The van der Waals surface area contributed by atoms with Gasteiger partial charge in [0.2, 0.25) is 0 Å². The molecule has 0 aliphatic heterocycles. The number of fused-ring (bicyclic) bond motifs is 1. The normalized spacial score (nSPS) is 11.5. The van der Waals surface area contributed by atoms with Gasteiger partial charge in [0.15, 0.2) is 0 Å². The summed E-state index contributed by atoms with van der Waals surface area (Å²) in [6, 6.07) is 14.9. The van der Waals surface area contributed by atoms with Crippen LogP contribution in [-0.2, 0) is 14.8 Å². The molecule has 142 valence electrons. The van der Waals surface area contributed by atoms with Gasteiger partial charge in [-0.3, -0.25) is 8.70 Å². The fraction of sp³-hybridized carbons (Fsp3) is 0.211. The van der Waals surface area contributed by atoms with Gasteiger partial charge in [0.05, 0.1) is 24.2 Å². The van der Waals surface area contributed by atoms with Crippen LogP contribution in [0.2, 0.25) is 0 Å². The van der Waals surface area contributed by atoms with E-state index in [0.29, 0.717) is 5.00 Å². The third-order valence-corrected chi connectivity index (χ3v) is 7.10. The van der Waals surface area contributed by atoms with Crippen molar-refractivity contribution >= 4 is 42.4 Å². The molecule has 3 aromatic rings. The van der Waals surface area contributed by atoms with Crippen LogP contribution in [0.1, 0.15) is 16.8 Å². The van der Waals surface area contributed by atoms with Gasteiger partial charge in [0.25, 0.3) is 10.0 Å². The second-order valence-corrected chi connectivity index (χ2v) is 8.68. The molecule has 0 saturated heterocycles. The molecule has 1 heterocycles. The van der Waals surface area contributed by atoms with Crippen molar-refractivity contribution in [1.82, 2.24) is 0 Å². The van der Waals surface area contributed by atoms with Gasteiger partial charge in [0, 0.05) is 11.2 Å². The Morgan fingerprint density at radius 3 is 2.48 bits per heavy atom. The molecule has 0 aliphatic carbocycles. The van der Waals surface area contributed by atoms with Gasteiger partial charge in [-0.05, 0) is 48.2 Å². The number of esters is 1. The second kappa shape index (κ2) is 8.06. The van der Waals surface area contributed by atoms with E-state index in [9.17, 15) is 17.6 Å². The number of hydrogen-bond acceptors (Lipinski definition) is 5. The standard InChI is InChI=1S/C19H18FNO4S2/c1-25-19(22)14-7-9-16(10-8-14)27(23,24)21(12-4-11-20)18-13-15-5-2-3-6-17(15)26-18/h2-3,5-10,13H,4,11-12H2,1H3. The van der Waals surface area contributed by atoms with E-state index in [2.05, 4.69) is 4.74 Å². The van der Waals surface area contributed by atoms with Gasteiger partial charge in [-0.25, -0.2) is 13.2 Å². The predicted octanol–water partition coefficient (Wildman–Crippen LogP) is 4.24. The Hall–Kier alpha value is -2.45. The zero-order valence-corrected chi connectivity index (χ0v) is 16.2. The summed E-state index contributed by atoms with van der Waals surface area (Å²) in [4.78, 5) is 11.6. The molecule has 0 N–H and O–H groups in total. The fourth-order valence-corrected chi connectivity index (χ4v) is 5.45. The Bertz CT molecular complexity index is 1010. The number of anilines is 1. The molecular formula is C19H18FNO4S2. The van der Waals surface area contributed by atoms with Gasteiger partial charge >= 0.3 is 5.97 Å². The maximum Gasteiger partial charge on any atom is 0.337 e. The molecule has 27 heavy (non-hydrogen) atoms. The summed E-state index contributed by atoms with van der Waals surface area (Å²) in [7, 11) is -2.64. The van der Waals surface area contributed by atoms with Crippen molar-refractivity contribution in [2.24, 2.45) is 0 Å². The lowest BCUT2D eigenvalue weighted by molar-refractivity contribution is 0.0600. The number of carbonyl (C=O) groups is 1. The van der Waals surface area contributed by atoms with Crippen LogP contribution in [0.25, 0.3) is 10.1 Å². The molecule has 3 rings (SSSR count). The molecule has 0 radical (unpaired) electrons. The first-order valence-electron chi connectivity index (χ1n) is 8.23. The average molecular weight is 407 g/mol. The fourth-order valence-electron chi connectivity index (χ4n) is 2.65. The molecule has 0 bridgehead atoms. The molecule has 0 spiro atoms. The molecule has 0 amide bonds. The van der Waals surface area contributed by atoms with E-state index in [1.165, 1.54) is 47.0 Å². The van der Waals surface area contributed by atoms with E-state index >= 15 is 0 Å². The SMILES string of the molecule is COC(=O)c1ccc(S(=O)(=O)N(CCCF)c2cc3ccccc3s2)cc1. The predicted molar refractivity (Wildman–Crippen MR) is 105 cm³/mol. The number of alkyl halides is 1. The van der Waals surface area contributed by atoms with E-state index in [0.717, 1.165) is 10.1 Å². The zero-order chi connectivity index (χ0) is 19.4. The highest BCUT2D eigenvalue weighted by Gasteiger charge is 2.26. The highest BCUT2D eigenvalue weighted by Crippen LogP contribution is 2.35. The minimum atomic E-state index is -3.90. The Morgan fingerprint density at radius 1 is 1.15 bits per heavy atom. The number of sulfonamides is 1. The second-order valence-electron chi connectivity index (χ2n) is 5.76. The van der Waals surface area contributed by atoms with Crippen molar-refractivity contribution in [1.29, 1.82) is 0 Å². The van der Waals surface area contributed by atoms with Crippen LogP contribution < -0.4 is 4.31 Å². The number of methoxy groups -OCH3 is 1. The van der Waals surface area contributed by atoms with E-state index < -0.39 is 22.7 Å². The molecular weight excluding hydrogens is 389 g/mol. The maximum atomic E-state index is 13.2. The van der Waals surface area contributed by atoms with E-state index in [1.54, 1.807) is 6.07 Å². The number of ether oxygens (including phenoxy) is 1. The van der Waals surface area contributed by atoms with Gasteiger partial charge in [0.1, 0.15) is 5.00 Å². The average Bonchev–Trinajstić information content (AvgIpc) is 3.11. The summed E-state index contributed by atoms with van der Waals surface area (Å²) in [5, 5.41) is 1.46. The number of thiophene rings is 1. The summed E-state index contributed by atoms with van der Waals surface area (Å²) in [5.74, 6) is -0.544. The number of hydrogen-bond donors (Lipinski definition) is 0. The van der Waals surface area contributed by atoms with Gasteiger partial charge in [-0.2, -0.15) is 0 Å². The minimum Gasteiger partial charge on any atom is -0.465 e. The number of halogens is 1. The van der Waals surface area contributed by atoms with Crippen molar-refractivity contribution in [2.75, 3.05) is 24.6 Å². The summed E-state index contributed by atoms with van der Waals surface area (Å²) >= 11 is 1.34. The first-order chi connectivity index (χ1) is 13.0. The van der Waals surface area contributed by atoms with Crippen molar-refractivity contribution < 1.29 is 22.3 Å². The summed E-state index contributed by atoms with van der Waals surface area (Å²) in [6.07, 6.45) is 0.0910.